The Hall–Kier alpha value is -1.45. The van der Waals surface area contributed by atoms with Crippen molar-refractivity contribution < 1.29 is 14.6 Å². The quantitative estimate of drug-likeness (QED) is 0.615. The second-order valence-corrected chi connectivity index (χ2v) is 10.5. The average molecular weight is 397 g/mol. The molecule has 156 valence electrons. The lowest BCUT2D eigenvalue weighted by Gasteiger charge is -2.57. The van der Waals surface area contributed by atoms with E-state index in [0.29, 0.717) is 23.3 Å². The second-order valence-electron chi connectivity index (χ2n) is 10.5. The van der Waals surface area contributed by atoms with Gasteiger partial charge in [0.1, 0.15) is 5.82 Å². The first-order chi connectivity index (χ1) is 13.8. The van der Waals surface area contributed by atoms with Crippen molar-refractivity contribution in [3.63, 3.8) is 0 Å². The molecule has 3 heteroatoms. The van der Waals surface area contributed by atoms with Gasteiger partial charge in [-0.1, -0.05) is 49.8 Å². The molecule has 0 spiro atoms. The third kappa shape index (κ3) is 2.88. The Labute approximate surface area is 173 Å². The fourth-order valence-electron chi connectivity index (χ4n) is 7.43. The van der Waals surface area contributed by atoms with Gasteiger partial charge in [-0.15, -0.1) is 0 Å². The topological polar surface area (TPSA) is 40.5 Å². The summed E-state index contributed by atoms with van der Waals surface area (Å²) in [4.78, 5) is 0. The SMILES string of the molecule is C[C@@]12CC[C@@H]3[C@H](CC=C4C[C@@H](O)CC[C@@]43C)[C@H]1C/C(=C/c1ccccc1F)[C@H]2O. The van der Waals surface area contributed by atoms with Crippen LogP contribution >= 0.6 is 0 Å². The van der Waals surface area contributed by atoms with E-state index in [9.17, 15) is 14.6 Å². The highest BCUT2D eigenvalue weighted by Crippen LogP contribution is 2.65. The van der Waals surface area contributed by atoms with Gasteiger partial charge >= 0.3 is 0 Å². The highest BCUT2D eigenvalue weighted by Gasteiger charge is 2.59. The molecule has 29 heavy (non-hydrogen) atoms. The van der Waals surface area contributed by atoms with Crippen molar-refractivity contribution in [2.75, 3.05) is 0 Å². The summed E-state index contributed by atoms with van der Waals surface area (Å²) >= 11 is 0. The van der Waals surface area contributed by atoms with Gasteiger partial charge in [-0.25, -0.2) is 4.39 Å². The first-order valence-corrected chi connectivity index (χ1v) is 11.3. The molecule has 5 rings (SSSR count). The van der Waals surface area contributed by atoms with Gasteiger partial charge in [-0.2, -0.15) is 0 Å². The minimum atomic E-state index is -0.487. The molecule has 0 amide bonds. The van der Waals surface area contributed by atoms with Crippen LogP contribution in [-0.2, 0) is 0 Å². The summed E-state index contributed by atoms with van der Waals surface area (Å²) in [7, 11) is 0. The lowest BCUT2D eigenvalue weighted by molar-refractivity contribution is -0.0685. The van der Waals surface area contributed by atoms with Crippen LogP contribution in [0.1, 0.15) is 64.4 Å². The zero-order valence-electron chi connectivity index (χ0n) is 17.6. The number of hydrogen-bond acceptors (Lipinski definition) is 2. The molecule has 7 atom stereocenters. The van der Waals surface area contributed by atoms with Crippen molar-refractivity contribution in [3.05, 3.63) is 52.9 Å². The molecule has 1 aromatic rings. The number of fused-ring (bicyclic) bond motifs is 5. The number of hydrogen-bond donors (Lipinski definition) is 2. The summed E-state index contributed by atoms with van der Waals surface area (Å²) in [6.07, 6.45) is 10.6. The van der Waals surface area contributed by atoms with Gasteiger partial charge in [-0.05, 0) is 79.8 Å². The summed E-state index contributed by atoms with van der Waals surface area (Å²) in [6, 6.07) is 6.85. The van der Waals surface area contributed by atoms with Gasteiger partial charge in [0, 0.05) is 11.0 Å². The van der Waals surface area contributed by atoms with E-state index in [1.54, 1.807) is 12.1 Å². The number of halogens is 1. The molecule has 0 unspecified atom stereocenters. The zero-order valence-corrected chi connectivity index (χ0v) is 17.6. The highest BCUT2D eigenvalue weighted by molar-refractivity contribution is 5.56. The van der Waals surface area contributed by atoms with Crippen LogP contribution in [0.25, 0.3) is 6.08 Å². The standard InChI is InChI=1S/C26H33FO2/c1-25-11-9-19(28)15-18(25)7-8-20-21(25)10-12-26(2)22(20)14-17(24(26)29)13-16-5-3-4-6-23(16)27/h3-7,13,19-22,24,28-29H,8-12,14-15H2,1-2H3/b17-13-/t19-,20-,21+,22+,24+,25-,26+/m0/s1. The molecule has 0 saturated heterocycles. The Morgan fingerprint density at radius 2 is 1.83 bits per heavy atom. The van der Waals surface area contributed by atoms with Gasteiger partial charge < -0.3 is 10.2 Å². The lowest BCUT2D eigenvalue weighted by Crippen LogP contribution is -2.51. The maximum Gasteiger partial charge on any atom is 0.130 e. The summed E-state index contributed by atoms with van der Waals surface area (Å²) < 4.78 is 14.2. The Balaban J connectivity index is 1.48. The van der Waals surface area contributed by atoms with Gasteiger partial charge in [-0.3, -0.25) is 0 Å². The Morgan fingerprint density at radius 3 is 2.62 bits per heavy atom. The van der Waals surface area contributed by atoms with Crippen molar-refractivity contribution >= 4 is 6.08 Å². The smallest absolute Gasteiger partial charge is 0.130 e. The summed E-state index contributed by atoms with van der Waals surface area (Å²) in [5.74, 6) is 1.42. The molecule has 0 radical (unpaired) electrons. The number of rotatable bonds is 1. The molecule has 0 bridgehead atoms. The zero-order chi connectivity index (χ0) is 20.4. The number of aliphatic hydroxyl groups excluding tert-OH is 2. The van der Waals surface area contributed by atoms with Crippen LogP contribution in [0.5, 0.6) is 0 Å². The van der Waals surface area contributed by atoms with Crippen LogP contribution in [0.3, 0.4) is 0 Å². The van der Waals surface area contributed by atoms with Gasteiger partial charge in [0.15, 0.2) is 0 Å². The fraction of sp³-hybridized carbons (Fsp3) is 0.615. The molecule has 0 aromatic heterocycles. The minimum Gasteiger partial charge on any atom is -0.393 e. The van der Waals surface area contributed by atoms with Crippen LogP contribution in [-0.4, -0.2) is 22.4 Å². The molecular formula is C26H33FO2. The third-order valence-corrected chi connectivity index (χ3v) is 9.19. The molecule has 3 fully saturated rings. The van der Waals surface area contributed by atoms with Crippen molar-refractivity contribution in [1.29, 1.82) is 0 Å². The van der Waals surface area contributed by atoms with Crippen LogP contribution < -0.4 is 0 Å². The van der Waals surface area contributed by atoms with Gasteiger partial charge in [0.05, 0.1) is 12.2 Å². The van der Waals surface area contributed by atoms with E-state index < -0.39 is 6.10 Å². The summed E-state index contributed by atoms with van der Waals surface area (Å²) in [5, 5.41) is 21.4. The van der Waals surface area contributed by atoms with E-state index in [1.165, 1.54) is 11.6 Å². The first kappa shape index (κ1) is 19.5. The molecule has 3 saturated carbocycles. The van der Waals surface area contributed by atoms with E-state index in [4.69, 9.17) is 0 Å². The third-order valence-electron chi connectivity index (χ3n) is 9.19. The molecule has 2 N–H and O–H groups in total. The van der Waals surface area contributed by atoms with Crippen LogP contribution in [0.4, 0.5) is 4.39 Å². The average Bonchev–Trinajstić information content (AvgIpc) is 2.95. The largest absolute Gasteiger partial charge is 0.393 e. The molecule has 4 aliphatic rings. The van der Waals surface area contributed by atoms with E-state index in [0.717, 1.165) is 50.5 Å². The number of aliphatic hydroxyl groups is 2. The summed E-state index contributed by atoms with van der Waals surface area (Å²) in [6.45, 7) is 4.68. The van der Waals surface area contributed by atoms with Crippen molar-refractivity contribution in [3.8, 4) is 0 Å². The Morgan fingerprint density at radius 1 is 1.03 bits per heavy atom. The van der Waals surface area contributed by atoms with E-state index in [-0.39, 0.29) is 22.8 Å². The number of allylic oxidation sites excluding steroid dienone is 1. The summed E-state index contributed by atoms with van der Waals surface area (Å²) in [5.41, 5.74) is 3.14. The maximum atomic E-state index is 14.2. The highest BCUT2D eigenvalue weighted by atomic mass is 19.1. The number of benzene rings is 1. The second kappa shape index (κ2) is 6.78. The molecule has 1 aromatic carbocycles. The van der Waals surface area contributed by atoms with Crippen LogP contribution in [0.15, 0.2) is 41.5 Å². The fourth-order valence-corrected chi connectivity index (χ4v) is 7.43. The minimum absolute atomic E-state index is 0.117. The van der Waals surface area contributed by atoms with Crippen LogP contribution in [0.2, 0.25) is 0 Å². The first-order valence-electron chi connectivity index (χ1n) is 11.3. The predicted molar refractivity (Wildman–Crippen MR) is 113 cm³/mol. The van der Waals surface area contributed by atoms with E-state index in [1.807, 2.05) is 12.1 Å². The lowest BCUT2D eigenvalue weighted by atomic mass is 9.48. The normalized spacial score (nSPS) is 45.3. The van der Waals surface area contributed by atoms with Gasteiger partial charge in [0.2, 0.25) is 0 Å². The molecule has 4 aliphatic carbocycles. The molecule has 0 heterocycles. The predicted octanol–water partition coefficient (Wildman–Crippen LogP) is 5.50. The van der Waals surface area contributed by atoms with Crippen molar-refractivity contribution in [1.82, 2.24) is 0 Å². The van der Waals surface area contributed by atoms with E-state index in [2.05, 4.69) is 19.9 Å². The maximum absolute atomic E-state index is 14.2. The Kier molecular flexibility index (Phi) is 4.56. The molecule has 0 aliphatic heterocycles. The monoisotopic (exact) mass is 396 g/mol. The molecular weight excluding hydrogens is 363 g/mol. The van der Waals surface area contributed by atoms with Gasteiger partial charge in [0.25, 0.3) is 0 Å². The molecule has 2 nitrogen and oxygen atoms in total. The van der Waals surface area contributed by atoms with E-state index >= 15 is 0 Å². The van der Waals surface area contributed by atoms with Crippen LogP contribution in [0, 0.1) is 34.4 Å². The van der Waals surface area contributed by atoms with Crippen molar-refractivity contribution in [2.24, 2.45) is 28.6 Å². The Bertz CT molecular complexity index is 873. The van der Waals surface area contributed by atoms with Crippen molar-refractivity contribution in [2.45, 2.75) is 71.0 Å².